The van der Waals surface area contributed by atoms with Gasteiger partial charge < -0.3 is 4.74 Å². The van der Waals surface area contributed by atoms with Gasteiger partial charge in [0.05, 0.1) is 16.6 Å². The predicted octanol–water partition coefficient (Wildman–Crippen LogP) is 1.96. The van der Waals surface area contributed by atoms with E-state index in [0.29, 0.717) is 23.3 Å². The number of hydrogen-bond donors (Lipinski definition) is 0. The zero-order chi connectivity index (χ0) is 13.8. The highest BCUT2D eigenvalue weighted by molar-refractivity contribution is 5.78. The Bertz CT molecular complexity index is 791. The maximum Gasteiger partial charge on any atom is 0.279 e. The lowest BCUT2D eigenvalue weighted by atomic mass is 10.2. The van der Waals surface area contributed by atoms with E-state index < -0.39 is 0 Å². The summed E-state index contributed by atoms with van der Waals surface area (Å²) in [5, 5.41) is 0.472. The molecule has 0 aliphatic heterocycles. The van der Waals surface area contributed by atoms with Crippen molar-refractivity contribution in [1.82, 2.24) is 15.0 Å². The van der Waals surface area contributed by atoms with Gasteiger partial charge in [0.1, 0.15) is 12.4 Å². The maximum atomic E-state index is 11.7. The zero-order valence-corrected chi connectivity index (χ0v) is 10.6. The Balaban J connectivity index is 1.89. The van der Waals surface area contributed by atoms with Crippen LogP contribution in [0.4, 0.5) is 0 Å². The molecule has 5 heteroatoms. The summed E-state index contributed by atoms with van der Waals surface area (Å²) in [6, 6.07) is 10.8. The van der Waals surface area contributed by atoms with E-state index in [0.717, 1.165) is 5.69 Å². The standard InChI is InChI=1S/C15H11N3O2/c19-15-13-5-4-12(9-14(13)17-7-8-18-15)20-10-11-3-1-2-6-16-11/h1-9H,10H2. The molecule has 0 aliphatic rings. The molecule has 1 aromatic carbocycles. The van der Waals surface area contributed by atoms with Crippen molar-refractivity contribution in [3.63, 3.8) is 0 Å². The van der Waals surface area contributed by atoms with E-state index in [4.69, 9.17) is 4.74 Å². The van der Waals surface area contributed by atoms with Gasteiger partial charge in [-0.15, -0.1) is 0 Å². The van der Waals surface area contributed by atoms with Gasteiger partial charge in [-0.2, -0.15) is 0 Å². The van der Waals surface area contributed by atoms with E-state index in [1.807, 2.05) is 18.2 Å². The summed E-state index contributed by atoms with van der Waals surface area (Å²) in [5.41, 5.74) is 1.10. The van der Waals surface area contributed by atoms with Crippen LogP contribution in [0.2, 0.25) is 0 Å². The Morgan fingerprint density at radius 2 is 1.85 bits per heavy atom. The molecule has 0 bridgehead atoms. The Kier molecular flexibility index (Phi) is 3.33. The molecule has 2 aromatic heterocycles. The van der Waals surface area contributed by atoms with Gasteiger partial charge in [0.15, 0.2) is 0 Å². The lowest BCUT2D eigenvalue weighted by molar-refractivity contribution is 0.301. The van der Waals surface area contributed by atoms with Gasteiger partial charge in [0, 0.05) is 24.7 Å². The molecule has 2 heterocycles. The number of pyridine rings is 1. The van der Waals surface area contributed by atoms with Crippen molar-refractivity contribution >= 4 is 10.9 Å². The number of nitrogens with zero attached hydrogens (tertiary/aromatic N) is 3. The zero-order valence-electron chi connectivity index (χ0n) is 10.6. The molecule has 98 valence electrons. The van der Waals surface area contributed by atoms with Crippen molar-refractivity contribution in [3.05, 3.63) is 71.0 Å². The first-order valence-corrected chi connectivity index (χ1v) is 6.11. The van der Waals surface area contributed by atoms with Crippen LogP contribution in [-0.2, 0) is 6.61 Å². The monoisotopic (exact) mass is 265 g/mol. The molecule has 0 unspecified atom stereocenters. The fourth-order valence-electron chi connectivity index (χ4n) is 1.81. The van der Waals surface area contributed by atoms with Crippen molar-refractivity contribution < 1.29 is 4.74 Å². The molecule has 5 nitrogen and oxygen atoms in total. The first kappa shape index (κ1) is 12.2. The molecule has 20 heavy (non-hydrogen) atoms. The molecule has 0 saturated carbocycles. The largest absolute Gasteiger partial charge is 0.487 e. The number of hydrogen-bond acceptors (Lipinski definition) is 5. The van der Waals surface area contributed by atoms with Crippen molar-refractivity contribution in [2.75, 3.05) is 0 Å². The highest BCUT2D eigenvalue weighted by Gasteiger charge is 2.02. The molecule has 0 spiro atoms. The Labute approximate surface area is 114 Å². The van der Waals surface area contributed by atoms with Crippen molar-refractivity contribution in [1.29, 1.82) is 0 Å². The normalized spacial score (nSPS) is 10.4. The molecule has 0 saturated heterocycles. The Hall–Kier alpha value is -2.82. The smallest absolute Gasteiger partial charge is 0.279 e. The summed E-state index contributed by atoms with van der Waals surface area (Å²) >= 11 is 0. The first-order chi connectivity index (χ1) is 9.83. The number of ether oxygens (including phenoxy) is 1. The lowest BCUT2D eigenvalue weighted by Crippen LogP contribution is -2.02. The average Bonchev–Trinajstić information content (AvgIpc) is 2.68. The SMILES string of the molecule is O=c1nccnc2cc(OCc3ccccn3)ccc12. The third-order valence-corrected chi connectivity index (χ3v) is 2.78. The van der Waals surface area contributed by atoms with Gasteiger partial charge >= 0.3 is 0 Å². The summed E-state index contributed by atoms with van der Waals surface area (Å²) < 4.78 is 5.65. The van der Waals surface area contributed by atoms with Crippen LogP contribution in [0.3, 0.4) is 0 Å². The molecular weight excluding hydrogens is 254 g/mol. The van der Waals surface area contributed by atoms with E-state index in [1.165, 1.54) is 12.4 Å². The Morgan fingerprint density at radius 1 is 0.950 bits per heavy atom. The summed E-state index contributed by atoms with van der Waals surface area (Å²) in [6.45, 7) is 0.369. The number of aromatic nitrogens is 3. The molecule has 3 rings (SSSR count). The number of benzene rings is 1. The third kappa shape index (κ3) is 2.61. The maximum absolute atomic E-state index is 11.7. The molecule has 0 N–H and O–H groups in total. The van der Waals surface area contributed by atoms with Crippen LogP contribution >= 0.6 is 0 Å². The van der Waals surface area contributed by atoms with Gasteiger partial charge in [0.25, 0.3) is 5.56 Å². The van der Waals surface area contributed by atoms with Gasteiger partial charge in [0.2, 0.25) is 0 Å². The van der Waals surface area contributed by atoms with Gasteiger partial charge in [-0.1, -0.05) is 6.07 Å². The molecule has 0 atom stereocenters. The predicted molar refractivity (Wildman–Crippen MR) is 74.4 cm³/mol. The Morgan fingerprint density at radius 3 is 2.70 bits per heavy atom. The topological polar surface area (TPSA) is 65.0 Å². The molecule has 0 radical (unpaired) electrons. The van der Waals surface area contributed by atoms with Crippen LogP contribution in [0.5, 0.6) is 5.75 Å². The highest BCUT2D eigenvalue weighted by atomic mass is 16.5. The summed E-state index contributed by atoms with van der Waals surface area (Å²) in [6.07, 6.45) is 4.60. The van der Waals surface area contributed by atoms with Crippen molar-refractivity contribution in [2.45, 2.75) is 6.61 Å². The summed E-state index contributed by atoms with van der Waals surface area (Å²) in [5.74, 6) is 0.640. The van der Waals surface area contributed by atoms with Crippen molar-refractivity contribution in [3.8, 4) is 5.75 Å². The molecule has 0 amide bonds. The second-order valence-electron chi connectivity index (χ2n) is 4.15. The van der Waals surface area contributed by atoms with Crippen LogP contribution in [0.1, 0.15) is 5.69 Å². The van der Waals surface area contributed by atoms with E-state index in [2.05, 4.69) is 15.0 Å². The second kappa shape index (κ2) is 5.44. The molecule has 0 fully saturated rings. The number of fused-ring (bicyclic) bond motifs is 1. The van der Waals surface area contributed by atoms with Crippen LogP contribution < -0.4 is 10.3 Å². The first-order valence-electron chi connectivity index (χ1n) is 6.11. The van der Waals surface area contributed by atoms with Crippen LogP contribution in [0.25, 0.3) is 10.9 Å². The second-order valence-corrected chi connectivity index (χ2v) is 4.15. The molecular formula is C15H11N3O2. The van der Waals surface area contributed by atoms with Crippen LogP contribution in [0, 0.1) is 0 Å². The van der Waals surface area contributed by atoms with Gasteiger partial charge in [-0.3, -0.25) is 14.8 Å². The van der Waals surface area contributed by atoms with Gasteiger partial charge in [-0.25, -0.2) is 4.98 Å². The fraction of sp³-hybridized carbons (Fsp3) is 0.0667. The number of rotatable bonds is 3. The van der Waals surface area contributed by atoms with Crippen LogP contribution in [0.15, 0.2) is 59.8 Å². The summed E-state index contributed by atoms with van der Waals surface area (Å²) in [4.78, 5) is 23.7. The third-order valence-electron chi connectivity index (χ3n) is 2.78. The van der Waals surface area contributed by atoms with E-state index in [-0.39, 0.29) is 5.56 Å². The molecule has 0 aliphatic carbocycles. The molecule has 3 aromatic rings. The minimum Gasteiger partial charge on any atom is -0.487 e. The fourth-order valence-corrected chi connectivity index (χ4v) is 1.81. The van der Waals surface area contributed by atoms with E-state index in [9.17, 15) is 4.79 Å². The lowest BCUT2D eigenvalue weighted by Gasteiger charge is -2.05. The van der Waals surface area contributed by atoms with Gasteiger partial charge in [-0.05, 0) is 24.3 Å². The van der Waals surface area contributed by atoms with E-state index >= 15 is 0 Å². The van der Waals surface area contributed by atoms with E-state index in [1.54, 1.807) is 24.4 Å². The minimum absolute atomic E-state index is 0.297. The minimum atomic E-state index is -0.297. The quantitative estimate of drug-likeness (QED) is 0.724. The average molecular weight is 265 g/mol. The summed E-state index contributed by atoms with van der Waals surface area (Å²) in [7, 11) is 0. The van der Waals surface area contributed by atoms with Crippen molar-refractivity contribution in [2.24, 2.45) is 0 Å². The van der Waals surface area contributed by atoms with Crippen LogP contribution in [-0.4, -0.2) is 15.0 Å². The highest BCUT2D eigenvalue weighted by Crippen LogP contribution is 2.17.